The van der Waals surface area contributed by atoms with E-state index in [4.69, 9.17) is 4.74 Å². The summed E-state index contributed by atoms with van der Waals surface area (Å²) in [5.41, 5.74) is 2.53. The van der Waals surface area contributed by atoms with Crippen LogP contribution < -0.4 is 4.74 Å². The first-order valence-corrected chi connectivity index (χ1v) is 5.61. The third-order valence-corrected chi connectivity index (χ3v) is 2.09. The predicted octanol–water partition coefficient (Wildman–Crippen LogP) is 4.32. The second kappa shape index (κ2) is 8.10. The molecular formula is C14H22O. The van der Waals surface area contributed by atoms with Crippen molar-refractivity contribution in [2.45, 2.75) is 33.6 Å². The summed E-state index contributed by atoms with van der Waals surface area (Å²) in [7, 11) is 1.69. The van der Waals surface area contributed by atoms with Crippen molar-refractivity contribution in [3.8, 4) is 5.75 Å². The maximum Gasteiger partial charge on any atom is 0.119 e. The van der Waals surface area contributed by atoms with E-state index >= 15 is 0 Å². The van der Waals surface area contributed by atoms with Crippen molar-refractivity contribution in [2.24, 2.45) is 0 Å². The number of hydrogen-bond donors (Lipinski definition) is 0. The van der Waals surface area contributed by atoms with E-state index in [1.54, 1.807) is 7.11 Å². The molecule has 0 spiro atoms. The molecule has 0 aliphatic carbocycles. The highest BCUT2D eigenvalue weighted by Crippen LogP contribution is 2.19. The van der Waals surface area contributed by atoms with Crippen LogP contribution in [0, 0.1) is 0 Å². The molecule has 0 amide bonds. The van der Waals surface area contributed by atoms with E-state index in [1.807, 2.05) is 26.0 Å². The van der Waals surface area contributed by atoms with Gasteiger partial charge in [0.05, 0.1) is 7.11 Å². The molecule has 0 heterocycles. The largest absolute Gasteiger partial charge is 0.497 e. The van der Waals surface area contributed by atoms with Gasteiger partial charge in [0, 0.05) is 0 Å². The summed E-state index contributed by atoms with van der Waals surface area (Å²) in [6.45, 7) is 9.96. The molecule has 0 fully saturated rings. The molecule has 0 unspecified atom stereocenters. The Morgan fingerprint density at radius 1 is 1.33 bits per heavy atom. The van der Waals surface area contributed by atoms with Gasteiger partial charge in [-0.05, 0) is 29.7 Å². The molecule has 0 bridgehead atoms. The Kier molecular flexibility index (Phi) is 7.43. The van der Waals surface area contributed by atoms with Gasteiger partial charge in [-0.15, -0.1) is 0 Å². The van der Waals surface area contributed by atoms with Gasteiger partial charge < -0.3 is 4.74 Å². The highest BCUT2D eigenvalue weighted by Gasteiger charge is 2.00. The predicted molar refractivity (Wildman–Crippen MR) is 68.4 cm³/mol. The number of rotatable bonds is 4. The standard InChI is InChI=1S/C12H16O.C2H6/c1-4-6-11-9-12(13-3)8-7-10(11)5-2;1-2/h5,7-9H,2,4,6H2,1,3H3;1-2H3. The van der Waals surface area contributed by atoms with Crippen molar-refractivity contribution in [3.05, 3.63) is 35.9 Å². The van der Waals surface area contributed by atoms with Gasteiger partial charge in [-0.1, -0.05) is 45.9 Å². The second-order valence-electron chi connectivity index (χ2n) is 3.02. The van der Waals surface area contributed by atoms with Crippen molar-refractivity contribution < 1.29 is 4.74 Å². The molecule has 1 aromatic rings. The molecule has 0 saturated carbocycles. The molecule has 1 nitrogen and oxygen atoms in total. The summed E-state index contributed by atoms with van der Waals surface area (Å²) in [6, 6.07) is 6.10. The monoisotopic (exact) mass is 206 g/mol. The fourth-order valence-electron chi connectivity index (χ4n) is 1.39. The highest BCUT2D eigenvalue weighted by atomic mass is 16.5. The van der Waals surface area contributed by atoms with Crippen LogP contribution in [0.3, 0.4) is 0 Å². The van der Waals surface area contributed by atoms with Crippen LogP contribution in [0.15, 0.2) is 24.8 Å². The van der Waals surface area contributed by atoms with E-state index in [9.17, 15) is 0 Å². The maximum atomic E-state index is 5.17. The summed E-state index contributed by atoms with van der Waals surface area (Å²) >= 11 is 0. The highest BCUT2D eigenvalue weighted by molar-refractivity contribution is 5.54. The van der Waals surface area contributed by atoms with Crippen molar-refractivity contribution in [3.63, 3.8) is 0 Å². The molecule has 84 valence electrons. The Balaban J connectivity index is 0.000000921. The van der Waals surface area contributed by atoms with Crippen LogP contribution in [-0.4, -0.2) is 7.11 Å². The third-order valence-electron chi connectivity index (χ3n) is 2.09. The van der Waals surface area contributed by atoms with Crippen molar-refractivity contribution in [1.29, 1.82) is 0 Å². The van der Waals surface area contributed by atoms with Gasteiger partial charge in [0.1, 0.15) is 5.75 Å². The SMILES string of the molecule is C=Cc1ccc(OC)cc1CCC.CC. The van der Waals surface area contributed by atoms with E-state index in [-0.39, 0.29) is 0 Å². The number of aryl methyl sites for hydroxylation is 1. The molecule has 1 heteroatoms. The van der Waals surface area contributed by atoms with E-state index in [1.165, 1.54) is 11.1 Å². The number of ether oxygens (including phenoxy) is 1. The minimum Gasteiger partial charge on any atom is -0.497 e. The lowest BCUT2D eigenvalue weighted by Gasteiger charge is -2.07. The van der Waals surface area contributed by atoms with Gasteiger partial charge >= 0.3 is 0 Å². The van der Waals surface area contributed by atoms with Crippen LogP contribution in [0.1, 0.15) is 38.3 Å². The molecule has 0 saturated heterocycles. The van der Waals surface area contributed by atoms with Crippen LogP contribution in [0.5, 0.6) is 5.75 Å². The lowest BCUT2D eigenvalue weighted by molar-refractivity contribution is 0.414. The minimum absolute atomic E-state index is 0.925. The lowest BCUT2D eigenvalue weighted by atomic mass is 10.0. The van der Waals surface area contributed by atoms with Crippen LogP contribution in [0.4, 0.5) is 0 Å². The topological polar surface area (TPSA) is 9.23 Å². The molecular weight excluding hydrogens is 184 g/mol. The molecule has 0 aliphatic rings. The number of benzene rings is 1. The van der Waals surface area contributed by atoms with Crippen LogP contribution >= 0.6 is 0 Å². The molecule has 0 aromatic heterocycles. The molecule has 1 rings (SSSR count). The molecule has 1 aromatic carbocycles. The van der Waals surface area contributed by atoms with Crippen LogP contribution in [0.2, 0.25) is 0 Å². The quantitative estimate of drug-likeness (QED) is 0.713. The third kappa shape index (κ3) is 4.20. The number of hydrogen-bond acceptors (Lipinski definition) is 1. The number of methoxy groups -OCH3 is 1. The van der Waals surface area contributed by atoms with Crippen LogP contribution in [0.25, 0.3) is 6.08 Å². The summed E-state index contributed by atoms with van der Waals surface area (Å²) in [5.74, 6) is 0.925. The zero-order valence-corrected chi connectivity index (χ0v) is 10.3. The fourth-order valence-corrected chi connectivity index (χ4v) is 1.39. The van der Waals surface area contributed by atoms with Crippen molar-refractivity contribution in [2.75, 3.05) is 7.11 Å². The van der Waals surface area contributed by atoms with Crippen molar-refractivity contribution in [1.82, 2.24) is 0 Å². The van der Waals surface area contributed by atoms with E-state index in [2.05, 4.69) is 25.6 Å². The van der Waals surface area contributed by atoms with E-state index < -0.39 is 0 Å². The smallest absolute Gasteiger partial charge is 0.119 e. The van der Waals surface area contributed by atoms with Gasteiger partial charge in [0.2, 0.25) is 0 Å². The van der Waals surface area contributed by atoms with Crippen molar-refractivity contribution >= 4 is 6.08 Å². The van der Waals surface area contributed by atoms with E-state index in [0.717, 1.165) is 18.6 Å². The molecule has 0 atom stereocenters. The summed E-state index contributed by atoms with van der Waals surface area (Å²) in [6.07, 6.45) is 4.12. The van der Waals surface area contributed by atoms with Gasteiger partial charge in [-0.25, -0.2) is 0 Å². The summed E-state index contributed by atoms with van der Waals surface area (Å²) in [4.78, 5) is 0. The normalized spacial score (nSPS) is 8.80. The molecule has 0 N–H and O–H groups in total. The Hall–Kier alpha value is -1.24. The van der Waals surface area contributed by atoms with E-state index in [0.29, 0.717) is 0 Å². The Bertz CT molecular complexity index is 289. The first-order valence-electron chi connectivity index (χ1n) is 5.61. The molecule has 0 radical (unpaired) electrons. The second-order valence-corrected chi connectivity index (χ2v) is 3.02. The zero-order valence-electron chi connectivity index (χ0n) is 10.3. The van der Waals surface area contributed by atoms with Gasteiger partial charge in [-0.3, -0.25) is 0 Å². The van der Waals surface area contributed by atoms with Crippen LogP contribution in [-0.2, 0) is 6.42 Å². The first-order chi connectivity index (χ1) is 7.31. The first kappa shape index (κ1) is 13.8. The van der Waals surface area contributed by atoms with Gasteiger partial charge in [0.25, 0.3) is 0 Å². The van der Waals surface area contributed by atoms with Gasteiger partial charge in [-0.2, -0.15) is 0 Å². The average molecular weight is 206 g/mol. The average Bonchev–Trinajstić information content (AvgIpc) is 2.32. The Morgan fingerprint density at radius 2 is 2.00 bits per heavy atom. The molecule has 15 heavy (non-hydrogen) atoms. The molecule has 0 aliphatic heterocycles. The lowest BCUT2D eigenvalue weighted by Crippen LogP contribution is -1.90. The minimum atomic E-state index is 0.925. The fraction of sp³-hybridized carbons (Fsp3) is 0.429. The Morgan fingerprint density at radius 3 is 2.47 bits per heavy atom. The Labute approximate surface area is 93.8 Å². The van der Waals surface area contributed by atoms with Gasteiger partial charge in [0.15, 0.2) is 0 Å². The zero-order chi connectivity index (χ0) is 11.7. The maximum absolute atomic E-state index is 5.17. The summed E-state index contributed by atoms with van der Waals surface area (Å²) < 4.78 is 5.17. The summed E-state index contributed by atoms with van der Waals surface area (Å²) in [5, 5.41) is 0.